The van der Waals surface area contributed by atoms with E-state index in [-0.39, 0.29) is 6.04 Å². The van der Waals surface area contributed by atoms with E-state index in [1.807, 2.05) is 0 Å². The number of amides is 2. The smallest absolute Gasteiger partial charge is 0.345 e. The second-order valence-electron chi connectivity index (χ2n) is 6.10. The summed E-state index contributed by atoms with van der Waals surface area (Å²) in [5.74, 6) is -1.33. The Labute approximate surface area is 138 Å². The van der Waals surface area contributed by atoms with Gasteiger partial charge < -0.3 is 10.6 Å². The zero-order valence-corrected chi connectivity index (χ0v) is 13.5. The molecule has 1 aromatic carbocycles. The molecule has 0 atom stereocenters. The van der Waals surface area contributed by atoms with Crippen molar-refractivity contribution < 1.29 is 22.8 Å². The van der Waals surface area contributed by atoms with Gasteiger partial charge in [0.1, 0.15) is 0 Å². The van der Waals surface area contributed by atoms with Crippen LogP contribution in [0.5, 0.6) is 0 Å². The van der Waals surface area contributed by atoms with Crippen LogP contribution in [0.4, 0.5) is 18.9 Å². The second-order valence-corrected chi connectivity index (χ2v) is 6.10. The monoisotopic (exact) mass is 342 g/mol. The Hall–Kier alpha value is -2.05. The van der Waals surface area contributed by atoms with Crippen molar-refractivity contribution in [1.82, 2.24) is 5.32 Å². The second kappa shape index (κ2) is 7.68. The largest absolute Gasteiger partial charge is 0.418 e. The molecule has 0 heterocycles. The highest BCUT2D eigenvalue weighted by Gasteiger charge is 2.34. The SMILES string of the molecule is CCC1CCC(NC(=O)C(=O)Nc2ccccc2C(F)(F)F)CC1. The molecule has 132 valence electrons. The first kappa shape index (κ1) is 18.3. The summed E-state index contributed by atoms with van der Waals surface area (Å²) >= 11 is 0. The maximum Gasteiger partial charge on any atom is 0.418 e. The Morgan fingerprint density at radius 3 is 2.29 bits per heavy atom. The number of carbonyl (C=O) groups is 2. The van der Waals surface area contributed by atoms with Gasteiger partial charge in [0, 0.05) is 6.04 Å². The molecule has 1 aliphatic carbocycles. The minimum atomic E-state index is -4.60. The van der Waals surface area contributed by atoms with Crippen molar-refractivity contribution in [3.8, 4) is 0 Å². The standard InChI is InChI=1S/C17H21F3N2O2/c1-2-11-7-9-12(10-8-11)21-15(23)16(24)22-14-6-4-3-5-13(14)17(18,19)20/h3-6,11-12H,2,7-10H2,1H3,(H,21,23)(H,22,24). The Kier molecular flexibility index (Phi) is 5.85. The van der Waals surface area contributed by atoms with Crippen LogP contribution in [0.15, 0.2) is 24.3 Å². The third-order valence-corrected chi connectivity index (χ3v) is 4.45. The van der Waals surface area contributed by atoms with Crippen LogP contribution in [0.3, 0.4) is 0 Å². The first-order valence-electron chi connectivity index (χ1n) is 8.09. The van der Waals surface area contributed by atoms with Crippen LogP contribution < -0.4 is 10.6 Å². The van der Waals surface area contributed by atoms with Crippen molar-refractivity contribution in [2.45, 2.75) is 51.2 Å². The van der Waals surface area contributed by atoms with Crippen LogP contribution in [-0.4, -0.2) is 17.9 Å². The molecule has 0 unspecified atom stereocenters. The summed E-state index contributed by atoms with van der Waals surface area (Å²) in [6.45, 7) is 2.12. The van der Waals surface area contributed by atoms with Crippen molar-refractivity contribution in [1.29, 1.82) is 0 Å². The molecular weight excluding hydrogens is 321 g/mol. The zero-order valence-electron chi connectivity index (χ0n) is 13.5. The van der Waals surface area contributed by atoms with Gasteiger partial charge in [0.15, 0.2) is 0 Å². The van der Waals surface area contributed by atoms with Crippen molar-refractivity contribution >= 4 is 17.5 Å². The van der Waals surface area contributed by atoms with Crippen LogP contribution in [0.25, 0.3) is 0 Å². The van der Waals surface area contributed by atoms with E-state index in [1.165, 1.54) is 12.1 Å². The van der Waals surface area contributed by atoms with E-state index in [0.717, 1.165) is 44.2 Å². The van der Waals surface area contributed by atoms with Gasteiger partial charge in [-0.25, -0.2) is 0 Å². The lowest BCUT2D eigenvalue weighted by atomic mass is 9.84. The van der Waals surface area contributed by atoms with Crippen LogP contribution in [0.2, 0.25) is 0 Å². The Bertz CT molecular complexity index is 594. The lowest BCUT2D eigenvalue weighted by molar-refractivity contribution is -0.138. The predicted octanol–water partition coefficient (Wildman–Crippen LogP) is 3.73. The molecule has 1 saturated carbocycles. The molecule has 7 heteroatoms. The first-order valence-corrected chi connectivity index (χ1v) is 8.09. The van der Waals surface area contributed by atoms with E-state index in [9.17, 15) is 22.8 Å². The van der Waals surface area contributed by atoms with Gasteiger partial charge in [-0.15, -0.1) is 0 Å². The first-order chi connectivity index (χ1) is 11.3. The molecule has 24 heavy (non-hydrogen) atoms. The lowest BCUT2D eigenvalue weighted by Crippen LogP contribution is -2.43. The van der Waals surface area contributed by atoms with Crippen LogP contribution in [0.1, 0.15) is 44.6 Å². The number of halogens is 3. The molecule has 2 rings (SSSR count). The molecule has 0 aromatic heterocycles. The highest BCUT2D eigenvalue weighted by atomic mass is 19.4. The van der Waals surface area contributed by atoms with E-state index in [0.29, 0.717) is 5.92 Å². The predicted molar refractivity (Wildman–Crippen MR) is 84.3 cm³/mol. The molecule has 1 aromatic rings. The Balaban J connectivity index is 1.94. The molecule has 2 N–H and O–H groups in total. The van der Waals surface area contributed by atoms with Gasteiger partial charge in [-0.2, -0.15) is 13.2 Å². The third kappa shape index (κ3) is 4.72. The molecular formula is C17H21F3N2O2. The minimum absolute atomic E-state index is 0.0936. The van der Waals surface area contributed by atoms with Gasteiger partial charge in [-0.05, 0) is 43.7 Å². The fourth-order valence-electron chi connectivity index (χ4n) is 2.98. The van der Waals surface area contributed by atoms with Crippen molar-refractivity contribution in [3.63, 3.8) is 0 Å². The van der Waals surface area contributed by atoms with E-state index < -0.39 is 29.2 Å². The topological polar surface area (TPSA) is 58.2 Å². The third-order valence-electron chi connectivity index (χ3n) is 4.45. The minimum Gasteiger partial charge on any atom is -0.345 e. The van der Waals surface area contributed by atoms with Gasteiger partial charge in [-0.3, -0.25) is 9.59 Å². The molecule has 4 nitrogen and oxygen atoms in total. The average Bonchev–Trinajstić information content (AvgIpc) is 2.55. The molecule has 1 aliphatic rings. The number of hydrogen-bond donors (Lipinski definition) is 2. The fraction of sp³-hybridized carbons (Fsp3) is 0.529. The van der Waals surface area contributed by atoms with Crippen molar-refractivity contribution in [2.75, 3.05) is 5.32 Å². The summed E-state index contributed by atoms with van der Waals surface area (Å²) in [7, 11) is 0. The molecule has 0 radical (unpaired) electrons. The summed E-state index contributed by atoms with van der Waals surface area (Å²) in [5.41, 5.74) is -1.39. The highest BCUT2D eigenvalue weighted by molar-refractivity contribution is 6.39. The number of rotatable bonds is 3. The highest BCUT2D eigenvalue weighted by Crippen LogP contribution is 2.34. The number of anilines is 1. The number of nitrogens with one attached hydrogen (secondary N) is 2. The van der Waals surface area contributed by atoms with E-state index in [4.69, 9.17) is 0 Å². The number of para-hydroxylation sites is 1. The molecule has 2 amide bonds. The summed E-state index contributed by atoms with van der Waals surface area (Å²) in [6.07, 6.45) is 0.0432. The van der Waals surface area contributed by atoms with Gasteiger partial charge >= 0.3 is 18.0 Å². The number of alkyl halides is 3. The average molecular weight is 342 g/mol. The van der Waals surface area contributed by atoms with Gasteiger partial charge in [0.2, 0.25) is 0 Å². The maximum absolute atomic E-state index is 12.9. The Morgan fingerprint density at radius 2 is 1.71 bits per heavy atom. The van der Waals surface area contributed by atoms with Crippen LogP contribution in [-0.2, 0) is 15.8 Å². The number of hydrogen-bond acceptors (Lipinski definition) is 2. The summed E-state index contributed by atoms with van der Waals surface area (Å²) in [5, 5.41) is 4.66. The summed E-state index contributed by atoms with van der Waals surface area (Å²) in [4.78, 5) is 23.8. The fourth-order valence-corrected chi connectivity index (χ4v) is 2.98. The maximum atomic E-state index is 12.9. The molecule has 1 fully saturated rings. The molecule has 0 spiro atoms. The van der Waals surface area contributed by atoms with E-state index in [1.54, 1.807) is 0 Å². The van der Waals surface area contributed by atoms with E-state index in [2.05, 4.69) is 17.6 Å². The van der Waals surface area contributed by atoms with E-state index >= 15 is 0 Å². The normalized spacial score (nSPS) is 21.2. The van der Waals surface area contributed by atoms with Crippen molar-refractivity contribution in [2.24, 2.45) is 5.92 Å². The molecule has 0 saturated heterocycles. The molecule has 0 bridgehead atoms. The number of carbonyl (C=O) groups excluding carboxylic acids is 2. The quantitative estimate of drug-likeness (QED) is 0.823. The zero-order chi connectivity index (χ0) is 17.7. The van der Waals surface area contributed by atoms with Crippen LogP contribution in [0, 0.1) is 5.92 Å². The molecule has 0 aliphatic heterocycles. The van der Waals surface area contributed by atoms with Gasteiger partial charge in [0.05, 0.1) is 11.3 Å². The number of benzene rings is 1. The van der Waals surface area contributed by atoms with Gasteiger partial charge in [-0.1, -0.05) is 25.5 Å². The van der Waals surface area contributed by atoms with Crippen LogP contribution >= 0.6 is 0 Å². The summed E-state index contributed by atoms with van der Waals surface area (Å²) < 4.78 is 38.7. The van der Waals surface area contributed by atoms with Crippen molar-refractivity contribution in [3.05, 3.63) is 29.8 Å². The Morgan fingerprint density at radius 1 is 1.08 bits per heavy atom. The summed E-state index contributed by atoms with van der Waals surface area (Å²) in [6, 6.07) is 4.49. The van der Waals surface area contributed by atoms with Gasteiger partial charge in [0.25, 0.3) is 0 Å². The lowest BCUT2D eigenvalue weighted by Gasteiger charge is -2.28.